The van der Waals surface area contributed by atoms with E-state index in [1.165, 1.54) is 6.07 Å². The van der Waals surface area contributed by atoms with Crippen molar-refractivity contribution in [2.75, 3.05) is 0 Å². The zero-order valence-electron chi connectivity index (χ0n) is 7.93. The first-order valence-corrected chi connectivity index (χ1v) is 5.39. The van der Waals surface area contributed by atoms with Crippen LogP contribution in [0.3, 0.4) is 0 Å². The van der Waals surface area contributed by atoms with Gasteiger partial charge in [-0.1, -0.05) is 12.1 Å². The monoisotopic (exact) mass is 270 g/mol. The van der Waals surface area contributed by atoms with Crippen LogP contribution < -0.4 is 4.18 Å². The van der Waals surface area contributed by atoms with E-state index in [1.54, 1.807) is 0 Å². The molecule has 0 aliphatic heterocycles. The lowest BCUT2D eigenvalue weighted by molar-refractivity contribution is -0.0500. The van der Waals surface area contributed by atoms with Gasteiger partial charge in [0.15, 0.2) is 5.75 Å². The van der Waals surface area contributed by atoms with Gasteiger partial charge in [0.05, 0.1) is 0 Å². The highest BCUT2D eigenvalue weighted by atomic mass is 32.2. The molecule has 5 nitrogen and oxygen atoms in total. The SMILES string of the molecule is O=C(O)c1ccccc1OS(=O)(=O)C(F)(F)F. The Bertz CT molecular complexity index is 534. The van der Waals surface area contributed by atoms with Crippen LogP contribution in [0.5, 0.6) is 5.75 Å². The molecular formula is C8H5F3O5S. The molecule has 17 heavy (non-hydrogen) atoms. The zero-order chi connectivity index (χ0) is 13.3. The Balaban J connectivity index is 3.18. The summed E-state index contributed by atoms with van der Waals surface area (Å²) < 4.78 is 61.0. The summed E-state index contributed by atoms with van der Waals surface area (Å²) in [6, 6.07) is 4.10. The van der Waals surface area contributed by atoms with E-state index in [4.69, 9.17) is 5.11 Å². The Labute approximate surface area is 93.6 Å². The second-order valence-electron chi connectivity index (χ2n) is 2.78. The third-order valence-electron chi connectivity index (χ3n) is 1.60. The van der Waals surface area contributed by atoms with Gasteiger partial charge in [-0.2, -0.15) is 21.6 Å². The van der Waals surface area contributed by atoms with Gasteiger partial charge in [-0.25, -0.2) is 4.79 Å². The van der Waals surface area contributed by atoms with Gasteiger partial charge in [0, 0.05) is 0 Å². The number of rotatable bonds is 3. The summed E-state index contributed by atoms with van der Waals surface area (Å²) in [6.07, 6.45) is 0. The minimum absolute atomic E-state index is 0.680. The van der Waals surface area contributed by atoms with Gasteiger partial charge in [0.1, 0.15) is 5.56 Å². The predicted octanol–water partition coefficient (Wildman–Crippen LogP) is 1.61. The van der Waals surface area contributed by atoms with Gasteiger partial charge >= 0.3 is 21.6 Å². The van der Waals surface area contributed by atoms with E-state index in [0.29, 0.717) is 0 Å². The molecule has 0 saturated heterocycles. The maximum absolute atomic E-state index is 12.0. The maximum atomic E-state index is 12.0. The molecule has 0 aromatic heterocycles. The molecule has 0 spiro atoms. The molecule has 0 aliphatic carbocycles. The van der Waals surface area contributed by atoms with Gasteiger partial charge in [0.2, 0.25) is 0 Å². The number of alkyl halides is 3. The number of hydrogen-bond donors (Lipinski definition) is 1. The molecular weight excluding hydrogens is 265 g/mol. The number of carboxylic acids is 1. The number of carboxylic acid groups (broad SMARTS) is 1. The molecule has 94 valence electrons. The second-order valence-corrected chi connectivity index (χ2v) is 4.32. The van der Waals surface area contributed by atoms with Crippen LogP contribution in [0, 0.1) is 0 Å². The van der Waals surface area contributed by atoms with Crippen molar-refractivity contribution in [1.29, 1.82) is 0 Å². The molecule has 0 heterocycles. The van der Waals surface area contributed by atoms with Gasteiger partial charge in [-0.15, -0.1) is 0 Å². The summed E-state index contributed by atoms with van der Waals surface area (Å²) in [7, 11) is -5.87. The van der Waals surface area contributed by atoms with Gasteiger partial charge in [0.25, 0.3) is 0 Å². The average molecular weight is 270 g/mol. The van der Waals surface area contributed by atoms with Crippen molar-refractivity contribution >= 4 is 16.1 Å². The molecule has 1 aromatic rings. The molecule has 1 N–H and O–H groups in total. The predicted molar refractivity (Wildman–Crippen MR) is 49.0 cm³/mol. The van der Waals surface area contributed by atoms with Crippen LogP contribution in [0.2, 0.25) is 0 Å². The van der Waals surface area contributed by atoms with Crippen molar-refractivity contribution < 1.29 is 35.7 Å². The zero-order valence-corrected chi connectivity index (χ0v) is 8.75. The third kappa shape index (κ3) is 2.87. The van der Waals surface area contributed by atoms with Crippen molar-refractivity contribution in [2.45, 2.75) is 5.51 Å². The fourth-order valence-corrected chi connectivity index (χ4v) is 1.36. The van der Waals surface area contributed by atoms with Crippen LogP contribution in [0.4, 0.5) is 13.2 Å². The second kappa shape index (κ2) is 4.24. The molecule has 0 atom stereocenters. The molecule has 1 rings (SSSR count). The van der Waals surface area contributed by atoms with Crippen molar-refractivity contribution in [3.05, 3.63) is 29.8 Å². The smallest absolute Gasteiger partial charge is 0.478 e. The number of halogens is 3. The lowest BCUT2D eigenvalue weighted by Crippen LogP contribution is -2.28. The minimum atomic E-state index is -5.87. The molecule has 0 fully saturated rings. The lowest BCUT2D eigenvalue weighted by atomic mass is 10.2. The van der Waals surface area contributed by atoms with E-state index in [-0.39, 0.29) is 0 Å². The number of benzene rings is 1. The summed E-state index contributed by atoms with van der Waals surface area (Å²) in [5, 5.41) is 8.61. The van der Waals surface area contributed by atoms with E-state index in [9.17, 15) is 26.4 Å². The fraction of sp³-hybridized carbons (Fsp3) is 0.125. The topological polar surface area (TPSA) is 80.7 Å². The summed E-state index contributed by atoms with van der Waals surface area (Å²) in [6.45, 7) is 0. The molecule has 0 bridgehead atoms. The molecule has 0 amide bonds. The van der Waals surface area contributed by atoms with E-state index in [0.717, 1.165) is 18.2 Å². The van der Waals surface area contributed by atoms with E-state index < -0.39 is 32.9 Å². The number of hydrogen-bond acceptors (Lipinski definition) is 4. The first-order chi connectivity index (χ1) is 7.65. The summed E-state index contributed by atoms with van der Waals surface area (Å²) in [5.41, 5.74) is -6.29. The standard InChI is InChI=1S/C8H5F3O5S/c9-8(10,11)17(14,15)16-6-4-2-1-3-5(6)7(12)13/h1-4H,(H,12,13). The van der Waals surface area contributed by atoms with Crippen molar-refractivity contribution in [2.24, 2.45) is 0 Å². The quantitative estimate of drug-likeness (QED) is 0.666. The Morgan fingerprint density at radius 1 is 1.24 bits per heavy atom. The fourth-order valence-electron chi connectivity index (χ4n) is 0.881. The molecule has 1 aromatic carbocycles. The van der Waals surface area contributed by atoms with Gasteiger partial charge in [-0.3, -0.25) is 0 Å². The molecule has 0 saturated carbocycles. The van der Waals surface area contributed by atoms with Crippen LogP contribution in [0.1, 0.15) is 10.4 Å². The van der Waals surface area contributed by atoms with Crippen LogP contribution >= 0.6 is 0 Å². The highest BCUT2D eigenvalue weighted by Gasteiger charge is 2.48. The van der Waals surface area contributed by atoms with E-state index >= 15 is 0 Å². The Hall–Kier alpha value is -1.77. The Morgan fingerprint density at radius 3 is 2.24 bits per heavy atom. The van der Waals surface area contributed by atoms with E-state index in [1.807, 2.05) is 0 Å². The lowest BCUT2D eigenvalue weighted by Gasteiger charge is -2.10. The molecule has 0 radical (unpaired) electrons. The maximum Gasteiger partial charge on any atom is 0.534 e. The normalized spacial score (nSPS) is 12.2. The third-order valence-corrected chi connectivity index (χ3v) is 2.57. The van der Waals surface area contributed by atoms with Crippen molar-refractivity contribution in [1.82, 2.24) is 0 Å². The highest BCUT2D eigenvalue weighted by molar-refractivity contribution is 7.88. The van der Waals surface area contributed by atoms with Crippen LogP contribution in [-0.4, -0.2) is 25.0 Å². The first kappa shape index (κ1) is 13.3. The van der Waals surface area contributed by atoms with Crippen molar-refractivity contribution in [3.8, 4) is 5.75 Å². The average Bonchev–Trinajstić information content (AvgIpc) is 2.15. The number of aromatic carboxylic acids is 1. The van der Waals surface area contributed by atoms with Crippen molar-refractivity contribution in [3.63, 3.8) is 0 Å². The first-order valence-electron chi connectivity index (χ1n) is 3.98. The summed E-state index contributed by atoms with van der Waals surface area (Å²) in [4.78, 5) is 10.6. The largest absolute Gasteiger partial charge is 0.534 e. The highest BCUT2D eigenvalue weighted by Crippen LogP contribution is 2.28. The van der Waals surface area contributed by atoms with Crippen LogP contribution in [0.15, 0.2) is 24.3 Å². The van der Waals surface area contributed by atoms with E-state index in [2.05, 4.69) is 4.18 Å². The summed E-state index contributed by atoms with van der Waals surface area (Å²) >= 11 is 0. The molecule has 0 unspecified atom stereocenters. The number of para-hydroxylation sites is 1. The Kier molecular flexibility index (Phi) is 3.32. The van der Waals surface area contributed by atoms with Gasteiger partial charge in [-0.05, 0) is 12.1 Å². The molecule has 0 aliphatic rings. The minimum Gasteiger partial charge on any atom is -0.478 e. The number of carbonyl (C=O) groups is 1. The Morgan fingerprint density at radius 2 is 1.76 bits per heavy atom. The summed E-state index contributed by atoms with van der Waals surface area (Å²) in [5.74, 6) is -2.49. The van der Waals surface area contributed by atoms with Crippen LogP contribution in [-0.2, 0) is 10.1 Å². The van der Waals surface area contributed by atoms with Gasteiger partial charge < -0.3 is 9.29 Å². The molecule has 9 heteroatoms. The van der Waals surface area contributed by atoms with Crippen LogP contribution in [0.25, 0.3) is 0 Å².